The molecule has 0 heterocycles. The Morgan fingerprint density at radius 3 is 2.36 bits per heavy atom. The maximum Gasteiger partial charge on any atom is 0.418 e. The third-order valence-corrected chi connectivity index (χ3v) is 2.19. The molecule has 0 amide bonds. The summed E-state index contributed by atoms with van der Waals surface area (Å²) in [6.07, 6.45) is -4.43. The van der Waals surface area contributed by atoms with Crippen molar-refractivity contribution < 1.29 is 13.2 Å². The van der Waals surface area contributed by atoms with Crippen LogP contribution >= 0.6 is 24.2 Å². The maximum absolute atomic E-state index is 12.5. The van der Waals surface area contributed by atoms with E-state index in [0.717, 1.165) is 6.07 Å². The minimum absolute atomic E-state index is 0.00678. The van der Waals surface area contributed by atoms with Gasteiger partial charge in [0.15, 0.2) is 0 Å². The number of rotatable bonds is 1. The second-order valence-corrected chi connectivity index (χ2v) is 3.52. The van der Waals surface area contributed by atoms with E-state index >= 15 is 0 Å². The van der Waals surface area contributed by atoms with Crippen LogP contribution in [0.2, 0.25) is 5.02 Å². The number of hydrogen-bond acceptors (Lipinski definition) is 2. The van der Waals surface area contributed by atoms with E-state index in [4.69, 9.17) is 11.6 Å². The first-order chi connectivity index (χ1) is 6.36. The molecule has 1 aromatic carbocycles. The first-order valence-electron chi connectivity index (χ1n) is 3.63. The van der Waals surface area contributed by atoms with Crippen LogP contribution in [0.25, 0.3) is 0 Å². The number of hydrogen-bond donors (Lipinski definition) is 2. The molecule has 14 heavy (non-hydrogen) atoms. The first kappa shape index (κ1) is 11.5. The normalized spacial score (nSPS) is 11.6. The molecule has 0 aliphatic rings. The lowest BCUT2D eigenvalue weighted by Crippen LogP contribution is -2.09. The van der Waals surface area contributed by atoms with E-state index in [0.29, 0.717) is 0 Å². The fourth-order valence-electron chi connectivity index (χ4n) is 1.07. The van der Waals surface area contributed by atoms with E-state index in [1.165, 1.54) is 13.1 Å². The summed E-state index contributed by atoms with van der Waals surface area (Å²) in [5.41, 5.74) is -0.936. The number of nitrogens with one attached hydrogen (secondary N) is 1. The summed E-state index contributed by atoms with van der Waals surface area (Å²) in [5.74, 6) is 0. The van der Waals surface area contributed by atoms with Crippen molar-refractivity contribution in [2.45, 2.75) is 11.1 Å². The molecule has 0 unspecified atom stereocenters. The number of benzene rings is 1. The Bertz CT molecular complexity index is 351. The molecule has 6 heteroatoms. The van der Waals surface area contributed by atoms with E-state index in [1.807, 2.05) is 0 Å². The lowest BCUT2D eigenvalue weighted by atomic mass is 10.1. The lowest BCUT2D eigenvalue weighted by Gasteiger charge is -2.14. The number of thiol groups is 1. The highest BCUT2D eigenvalue weighted by Gasteiger charge is 2.34. The molecule has 0 saturated carbocycles. The van der Waals surface area contributed by atoms with Gasteiger partial charge in [0.05, 0.1) is 16.3 Å². The van der Waals surface area contributed by atoms with Crippen LogP contribution in [0.5, 0.6) is 0 Å². The Morgan fingerprint density at radius 2 is 1.93 bits per heavy atom. The van der Waals surface area contributed by atoms with Crippen LogP contribution in [-0.2, 0) is 6.18 Å². The van der Waals surface area contributed by atoms with Crippen LogP contribution in [-0.4, -0.2) is 7.05 Å². The second-order valence-electron chi connectivity index (χ2n) is 2.60. The molecule has 1 N–H and O–H groups in total. The van der Waals surface area contributed by atoms with Crippen LogP contribution in [0.3, 0.4) is 0 Å². The Hall–Kier alpha value is -0.550. The average molecular weight is 242 g/mol. The van der Waals surface area contributed by atoms with Crippen molar-refractivity contribution in [1.82, 2.24) is 0 Å². The second kappa shape index (κ2) is 3.90. The molecular weight excluding hydrogens is 235 g/mol. The predicted molar refractivity (Wildman–Crippen MR) is 53.3 cm³/mol. The van der Waals surface area contributed by atoms with Gasteiger partial charge in [0.1, 0.15) is 0 Å². The zero-order chi connectivity index (χ0) is 10.9. The Labute approximate surface area is 89.7 Å². The third kappa shape index (κ3) is 2.27. The van der Waals surface area contributed by atoms with E-state index in [1.54, 1.807) is 0 Å². The Kier molecular flexibility index (Phi) is 3.21. The zero-order valence-corrected chi connectivity index (χ0v) is 8.76. The van der Waals surface area contributed by atoms with Crippen molar-refractivity contribution in [2.24, 2.45) is 0 Å². The fraction of sp³-hybridized carbons (Fsp3) is 0.250. The van der Waals surface area contributed by atoms with Crippen LogP contribution in [0, 0.1) is 0 Å². The Morgan fingerprint density at radius 1 is 1.36 bits per heavy atom. The van der Waals surface area contributed by atoms with E-state index in [-0.39, 0.29) is 15.6 Å². The molecular formula is C8H7ClF3NS. The number of halogens is 4. The van der Waals surface area contributed by atoms with Gasteiger partial charge in [-0.2, -0.15) is 13.2 Å². The summed E-state index contributed by atoms with van der Waals surface area (Å²) >= 11 is 9.46. The van der Waals surface area contributed by atoms with E-state index in [9.17, 15) is 13.2 Å². The summed E-state index contributed by atoms with van der Waals surface area (Å²) in [6, 6.07) is 2.28. The van der Waals surface area contributed by atoms with Gasteiger partial charge in [-0.3, -0.25) is 0 Å². The first-order valence-corrected chi connectivity index (χ1v) is 4.46. The predicted octanol–water partition coefficient (Wildman–Crippen LogP) is 3.69. The average Bonchev–Trinajstić information content (AvgIpc) is 2.01. The van der Waals surface area contributed by atoms with Crippen molar-refractivity contribution in [3.05, 3.63) is 22.7 Å². The van der Waals surface area contributed by atoms with Crippen LogP contribution in [0.4, 0.5) is 18.9 Å². The van der Waals surface area contributed by atoms with Crippen molar-refractivity contribution in [3.8, 4) is 0 Å². The summed E-state index contributed by atoms with van der Waals surface area (Å²) in [6.45, 7) is 0. The van der Waals surface area contributed by atoms with Gasteiger partial charge in [0.25, 0.3) is 0 Å². The van der Waals surface area contributed by atoms with Gasteiger partial charge in [-0.15, -0.1) is 12.6 Å². The molecule has 1 nitrogen and oxygen atoms in total. The minimum Gasteiger partial charge on any atom is -0.386 e. The maximum atomic E-state index is 12.5. The number of alkyl halides is 3. The molecule has 0 aromatic heterocycles. The van der Waals surface area contributed by atoms with Crippen molar-refractivity contribution >= 4 is 29.9 Å². The molecule has 0 radical (unpaired) electrons. The summed E-state index contributed by atoms with van der Waals surface area (Å²) in [4.78, 5) is 0.182. The highest BCUT2D eigenvalue weighted by atomic mass is 35.5. The monoisotopic (exact) mass is 241 g/mol. The van der Waals surface area contributed by atoms with Gasteiger partial charge in [-0.25, -0.2) is 0 Å². The van der Waals surface area contributed by atoms with Crippen molar-refractivity contribution in [3.63, 3.8) is 0 Å². The zero-order valence-electron chi connectivity index (χ0n) is 7.11. The molecule has 0 bridgehead atoms. The molecule has 1 aromatic rings. The molecule has 1 rings (SSSR count). The Balaban J connectivity index is 3.40. The van der Waals surface area contributed by atoms with Crippen LogP contribution < -0.4 is 5.32 Å². The largest absolute Gasteiger partial charge is 0.418 e. The van der Waals surface area contributed by atoms with E-state index in [2.05, 4.69) is 17.9 Å². The molecule has 0 fully saturated rings. The molecule has 0 aliphatic carbocycles. The van der Waals surface area contributed by atoms with Gasteiger partial charge < -0.3 is 5.32 Å². The minimum atomic E-state index is -4.43. The summed E-state index contributed by atoms with van der Waals surface area (Å²) < 4.78 is 37.4. The number of anilines is 1. The lowest BCUT2D eigenvalue weighted by molar-refractivity contribution is -0.137. The van der Waals surface area contributed by atoms with Gasteiger partial charge in [-0.1, -0.05) is 11.6 Å². The van der Waals surface area contributed by atoms with E-state index < -0.39 is 11.7 Å². The fourth-order valence-corrected chi connectivity index (χ4v) is 1.72. The van der Waals surface area contributed by atoms with Gasteiger partial charge in [0.2, 0.25) is 0 Å². The molecule has 0 saturated heterocycles. The van der Waals surface area contributed by atoms with Crippen molar-refractivity contribution in [2.75, 3.05) is 12.4 Å². The van der Waals surface area contributed by atoms with Crippen molar-refractivity contribution in [1.29, 1.82) is 0 Å². The summed E-state index contributed by atoms with van der Waals surface area (Å²) in [5, 5.41) is 2.42. The quantitative estimate of drug-likeness (QED) is 0.715. The highest BCUT2D eigenvalue weighted by molar-refractivity contribution is 7.80. The molecule has 0 atom stereocenters. The van der Waals surface area contributed by atoms with Crippen LogP contribution in [0.15, 0.2) is 17.0 Å². The molecule has 0 aliphatic heterocycles. The third-order valence-electron chi connectivity index (χ3n) is 1.63. The molecule has 78 valence electrons. The van der Waals surface area contributed by atoms with Gasteiger partial charge >= 0.3 is 6.18 Å². The summed E-state index contributed by atoms with van der Waals surface area (Å²) in [7, 11) is 1.38. The topological polar surface area (TPSA) is 12.0 Å². The van der Waals surface area contributed by atoms with Gasteiger partial charge in [0, 0.05) is 11.9 Å². The highest BCUT2D eigenvalue weighted by Crippen LogP contribution is 2.39. The standard InChI is InChI=1S/C8H7ClF3NS/c1-13-7-5(8(10,11)12)2-4(14)3-6(7)9/h2-3,13-14H,1H3. The van der Waals surface area contributed by atoms with Crippen LogP contribution in [0.1, 0.15) is 5.56 Å². The van der Waals surface area contributed by atoms with Gasteiger partial charge in [-0.05, 0) is 12.1 Å². The SMILES string of the molecule is CNc1c(Cl)cc(S)cc1C(F)(F)F. The smallest absolute Gasteiger partial charge is 0.386 e. The molecule has 0 spiro atoms.